The second-order valence-corrected chi connectivity index (χ2v) is 7.76. The van der Waals surface area contributed by atoms with E-state index in [1.807, 2.05) is 25.1 Å². The lowest BCUT2D eigenvalue weighted by atomic mass is 10.2. The van der Waals surface area contributed by atoms with Gasteiger partial charge in [-0.2, -0.15) is 4.31 Å². The highest BCUT2D eigenvalue weighted by Crippen LogP contribution is 2.13. The predicted octanol–water partition coefficient (Wildman–Crippen LogP) is 0.0919. The molecule has 0 aliphatic heterocycles. The molecule has 1 aromatic carbocycles. The quantitative estimate of drug-likeness (QED) is 0.722. The summed E-state index contributed by atoms with van der Waals surface area (Å²) in [5.41, 5.74) is -0.406. The number of benzene rings is 1. The molecule has 0 saturated carbocycles. The maximum atomic E-state index is 12.6. The van der Waals surface area contributed by atoms with Crippen LogP contribution in [-0.2, 0) is 24.1 Å². The van der Waals surface area contributed by atoms with E-state index in [0.29, 0.717) is 5.75 Å². The van der Waals surface area contributed by atoms with E-state index in [-0.39, 0.29) is 13.2 Å². The first kappa shape index (κ1) is 18.9. The Bertz CT molecular complexity index is 992. The smallest absolute Gasteiger partial charge is 0.330 e. The molecule has 0 N–H and O–H groups in total. The van der Waals surface area contributed by atoms with Gasteiger partial charge in [0.1, 0.15) is 12.4 Å². The number of likely N-dealkylation sites (N-methyl/N-ethyl adjacent to an activating group) is 1. The van der Waals surface area contributed by atoms with Gasteiger partial charge in [0, 0.05) is 33.9 Å². The van der Waals surface area contributed by atoms with Crippen LogP contribution in [0, 0.1) is 6.92 Å². The zero-order valence-corrected chi connectivity index (χ0v) is 15.4. The van der Waals surface area contributed by atoms with Crippen molar-refractivity contribution in [1.82, 2.24) is 13.4 Å². The maximum Gasteiger partial charge on any atom is 0.330 e. The van der Waals surface area contributed by atoms with Gasteiger partial charge in [-0.15, -0.1) is 0 Å². The van der Waals surface area contributed by atoms with Crippen molar-refractivity contribution in [2.45, 2.75) is 11.8 Å². The molecule has 0 saturated heterocycles. The van der Waals surface area contributed by atoms with Crippen LogP contribution in [0.25, 0.3) is 0 Å². The number of hydrogen-bond acceptors (Lipinski definition) is 5. The van der Waals surface area contributed by atoms with Crippen molar-refractivity contribution in [3.63, 3.8) is 0 Å². The fourth-order valence-electron chi connectivity index (χ4n) is 2.24. The first-order valence-corrected chi connectivity index (χ1v) is 9.01. The van der Waals surface area contributed by atoms with Crippen LogP contribution in [0.3, 0.4) is 0 Å². The fourth-order valence-corrected chi connectivity index (χ4v) is 3.54. The lowest BCUT2D eigenvalue weighted by Crippen LogP contribution is -2.42. The molecule has 0 bridgehead atoms. The van der Waals surface area contributed by atoms with E-state index in [9.17, 15) is 18.0 Å². The number of sulfonamides is 1. The van der Waals surface area contributed by atoms with Gasteiger partial charge in [-0.05, 0) is 24.6 Å². The first-order valence-electron chi connectivity index (χ1n) is 7.57. The molecular formula is C16H21N3O5S. The molecule has 2 rings (SSSR count). The molecular weight excluding hydrogens is 346 g/mol. The summed E-state index contributed by atoms with van der Waals surface area (Å²) in [5.74, 6) is 0.642. The Morgan fingerprint density at radius 3 is 2.52 bits per heavy atom. The molecule has 0 atom stereocenters. The number of aromatic nitrogens is 2. The Morgan fingerprint density at radius 2 is 1.88 bits per heavy atom. The summed E-state index contributed by atoms with van der Waals surface area (Å²) < 4.78 is 33.6. The van der Waals surface area contributed by atoms with E-state index in [1.165, 1.54) is 21.1 Å². The standard InChI is InChI=1S/C16H21N3O5S/c1-12-6-5-7-13(10-12)24-9-8-18(3)25(22,23)14-11-17(2)16(21)19(4)15(14)20/h5-7,10-11H,8-9H2,1-4H3. The van der Waals surface area contributed by atoms with Gasteiger partial charge >= 0.3 is 5.69 Å². The van der Waals surface area contributed by atoms with E-state index in [4.69, 9.17) is 4.74 Å². The van der Waals surface area contributed by atoms with Crippen molar-refractivity contribution in [2.24, 2.45) is 14.1 Å². The first-order chi connectivity index (χ1) is 11.6. The summed E-state index contributed by atoms with van der Waals surface area (Å²) in [4.78, 5) is 23.4. The third-order valence-corrected chi connectivity index (χ3v) is 5.61. The third-order valence-electron chi connectivity index (χ3n) is 3.77. The zero-order valence-electron chi connectivity index (χ0n) is 14.6. The second kappa shape index (κ2) is 7.24. The van der Waals surface area contributed by atoms with E-state index < -0.39 is 26.2 Å². The molecule has 9 heteroatoms. The van der Waals surface area contributed by atoms with Gasteiger partial charge in [-0.25, -0.2) is 13.2 Å². The Labute approximate surface area is 145 Å². The molecule has 0 spiro atoms. The van der Waals surface area contributed by atoms with Crippen LogP contribution in [0.1, 0.15) is 5.56 Å². The summed E-state index contributed by atoms with van der Waals surface area (Å²) in [6.45, 7) is 2.12. The highest BCUT2D eigenvalue weighted by molar-refractivity contribution is 7.89. The van der Waals surface area contributed by atoms with Gasteiger partial charge in [0.15, 0.2) is 4.90 Å². The summed E-state index contributed by atoms with van der Waals surface area (Å²) in [5, 5.41) is 0. The summed E-state index contributed by atoms with van der Waals surface area (Å²) >= 11 is 0. The molecule has 2 aromatic rings. The highest BCUT2D eigenvalue weighted by atomic mass is 32.2. The van der Waals surface area contributed by atoms with Crippen LogP contribution in [0.5, 0.6) is 5.75 Å². The Balaban J connectivity index is 2.17. The van der Waals surface area contributed by atoms with Crippen LogP contribution in [0.4, 0.5) is 0 Å². The minimum absolute atomic E-state index is 0.0578. The molecule has 136 valence electrons. The molecule has 0 radical (unpaired) electrons. The van der Waals surface area contributed by atoms with Gasteiger partial charge < -0.3 is 9.30 Å². The van der Waals surface area contributed by atoms with Gasteiger partial charge in [0.2, 0.25) is 10.0 Å². The highest BCUT2D eigenvalue weighted by Gasteiger charge is 2.26. The molecule has 1 heterocycles. The molecule has 0 unspecified atom stereocenters. The van der Waals surface area contributed by atoms with E-state index >= 15 is 0 Å². The molecule has 25 heavy (non-hydrogen) atoms. The minimum atomic E-state index is -4.03. The van der Waals surface area contributed by atoms with Crippen molar-refractivity contribution in [2.75, 3.05) is 20.2 Å². The summed E-state index contributed by atoms with van der Waals surface area (Å²) in [6.07, 6.45) is 1.04. The normalized spacial score (nSPS) is 11.7. The topological polar surface area (TPSA) is 90.6 Å². The predicted molar refractivity (Wildman–Crippen MR) is 93.4 cm³/mol. The second-order valence-electron chi connectivity index (χ2n) is 5.74. The van der Waals surface area contributed by atoms with Crippen molar-refractivity contribution in [1.29, 1.82) is 0 Å². The zero-order chi connectivity index (χ0) is 18.8. The number of nitrogens with zero attached hydrogens (tertiary/aromatic N) is 3. The average molecular weight is 367 g/mol. The van der Waals surface area contributed by atoms with Crippen LogP contribution in [-0.4, -0.2) is 42.1 Å². The van der Waals surface area contributed by atoms with Crippen molar-refractivity contribution >= 4 is 10.0 Å². The van der Waals surface area contributed by atoms with Crippen LogP contribution in [0.15, 0.2) is 44.9 Å². The van der Waals surface area contributed by atoms with Crippen molar-refractivity contribution in [3.05, 3.63) is 56.9 Å². The molecule has 0 amide bonds. The number of hydrogen-bond donors (Lipinski definition) is 0. The Morgan fingerprint density at radius 1 is 1.20 bits per heavy atom. The minimum Gasteiger partial charge on any atom is -0.492 e. The van der Waals surface area contributed by atoms with Gasteiger partial charge in [-0.3, -0.25) is 9.36 Å². The van der Waals surface area contributed by atoms with Gasteiger partial charge in [-0.1, -0.05) is 12.1 Å². The number of rotatable bonds is 6. The molecule has 0 aliphatic rings. The SMILES string of the molecule is Cc1cccc(OCCN(C)S(=O)(=O)c2cn(C)c(=O)n(C)c2=O)c1. The van der Waals surface area contributed by atoms with E-state index in [2.05, 4.69) is 0 Å². The maximum absolute atomic E-state index is 12.6. The molecule has 1 aromatic heterocycles. The van der Waals surface area contributed by atoms with Crippen molar-refractivity contribution in [3.8, 4) is 5.75 Å². The lowest BCUT2D eigenvalue weighted by molar-refractivity contribution is 0.286. The number of ether oxygens (including phenoxy) is 1. The van der Waals surface area contributed by atoms with Gasteiger partial charge in [0.25, 0.3) is 5.56 Å². The van der Waals surface area contributed by atoms with Gasteiger partial charge in [0.05, 0.1) is 0 Å². The van der Waals surface area contributed by atoms with Crippen LogP contribution in [0.2, 0.25) is 0 Å². The van der Waals surface area contributed by atoms with Crippen LogP contribution < -0.4 is 16.0 Å². The molecule has 0 fully saturated rings. The van der Waals surface area contributed by atoms with Crippen LogP contribution >= 0.6 is 0 Å². The largest absolute Gasteiger partial charge is 0.492 e. The Kier molecular flexibility index (Phi) is 5.48. The number of aryl methyl sites for hydroxylation is 2. The molecule has 0 aliphatic carbocycles. The monoisotopic (exact) mass is 367 g/mol. The van der Waals surface area contributed by atoms with Crippen molar-refractivity contribution < 1.29 is 13.2 Å². The summed E-state index contributed by atoms with van der Waals surface area (Å²) in [6, 6.07) is 7.40. The third kappa shape index (κ3) is 3.99. The summed E-state index contributed by atoms with van der Waals surface area (Å²) in [7, 11) is -0.0420. The Hall–Kier alpha value is -2.39. The van der Waals surface area contributed by atoms with E-state index in [0.717, 1.165) is 25.2 Å². The molecule has 8 nitrogen and oxygen atoms in total. The van der Waals surface area contributed by atoms with E-state index in [1.54, 1.807) is 6.07 Å². The fraction of sp³-hybridized carbons (Fsp3) is 0.375. The average Bonchev–Trinajstić information content (AvgIpc) is 2.56. The lowest BCUT2D eigenvalue weighted by Gasteiger charge is -2.18.